The number of aromatic nitrogens is 1. The Morgan fingerprint density at radius 2 is 2.03 bits per heavy atom. The average molecular weight is 527 g/mol. The number of hydrogen-bond donors (Lipinski definition) is 1. The lowest BCUT2D eigenvalue weighted by atomic mass is 9.86. The molecule has 1 saturated heterocycles. The molecule has 35 heavy (non-hydrogen) atoms. The molecule has 2 aliphatic rings. The maximum Gasteiger partial charge on any atom is 0.573 e. The van der Waals surface area contributed by atoms with Crippen LogP contribution >= 0.6 is 23.2 Å². The molecule has 0 amide bonds. The number of alkyl halides is 3. The van der Waals surface area contributed by atoms with Crippen LogP contribution in [0.15, 0.2) is 59.4 Å². The minimum absolute atomic E-state index is 0.0153. The number of nitrogens with two attached hydrogens (primary N) is 1. The third-order valence-electron chi connectivity index (χ3n) is 5.50. The standard InChI is InChI=1S/C21H15Cl2F3N6O3/c22-14-7-12(2-3-15(14)35-21(24,25)26)17-13(8-27)19(28)31-6-5-30(20(31)18(17)32(33)34)10-11-1-4-16(23)29-9-11/h1-4,7,9,17H,5-6,10,28H2. The Balaban J connectivity index is 1.81. The molecule has 3 heterocycles. The van der Waals surface area contributed by atoms with Crippen molar-refractivity contribution in [3.63, 3.8) is 0 Å². The zero-order chi connectivity index (χ0) is 25.5. The van der Waals surface area contributed by atoms with Crippen LogP contribution in [0.5, 0.6) is 5.75 Å². The number of pyridine rings is 1. The lowest BCUT2D eigenvalue weighted by Crippen LogP contribution is -2.37. The van der Waals surface area contributed by atoms with Crippen LogP contribution in [0.4, 0.5) is 13.2 Å². The van der Waals surface area contributed by atoms with Gasteiger partial charge >= 0.3 is 6.36 Å². The third-order valence-corrected chi connectivity index (χ3v) is 6.02. The first-order valence-corrected chi connectivity index (χ1v) is 10.7. The van der Waals surface area contributed by atoms with Crippen molar-refractivity contribution < 1.29 is 22.8 Å². The fourth-order valence-electron chi connectivity index (χ4n) is 4.11. The highest BCUT2D eigenvalue weighted by Crippen LogP contribution is 2.45. The Labute approximate surface area is 206 Å². The fourth-order valence-corrected chi connectivity index (χ4v) is 4.45. The van der Waals surface area contributed by atoms with Crippen LogP contribution in [0, 0.1) is 21.4 Å². The van der Waals surface area contributed by atoms with Gasteiger partial charge in [-0.15, -0.1) is 13.2 Å². The van der Waals surface area contributed by atoms with Gasteiger partial charge < -0.3 is 20.3 Å². The molecule has 9 nitrogen and oxygen atoms in total. The molecular formula is C21H15Cl2F3N6O3. The number of ether oxygens (including phenoxy) is 1. The van der Waals surface area contributed by atoms with E-state index in [0.29, 0.717) is 11.7 Å². The van der Waals surface area contributed by atoms with Gasteiger partial charge in [-0.3, -0.25) is 10.1 Å². The van der Waals surface area contributed by atoms with Crippen LogP contribution in [0.1, 0.15) is 17.0 Å². The SMILES string of the molecule is N#CC1=C(N)N2CCN(Cc3ccc(Cl)nc3)C2=C([N+](=O)[O-])C1c1ccc(OC(F)(F)F)c(Cl)c1. The van der Waals surface area contributed by atoms with Crippen molar-refractivity contribution in [1.82, 2.24) is 14.8 Å². The zero-order valence-electron chi connectivity index (χ0n) is 17.6. The first-order valence-electron chi connectivity index (χ1n) is 9.96. The Bertz CT molecular complexity index is 1290. The molecule has 2 aliphatic heterocycles. The molecule has 4 rings (SSSR count). The summed E-state index contributed by atoms with van der Waals surface area (Å²) in [5.41, 5.74) is 6.63. The Morgan fingerprint density at radius 1 is 1.29 bits per heavy atom. The molecule has 2 N–H and O–H groups in total. The highest BCUT2D eigenvalue weighted by Gasteiger charge is 2.47. The van der Waals surface area contributed by atoms with Crippen LogP contribution in [-0.4, -0.2) is 39.2 Å². The summed E-state index contributed by atoms with van der Waals surface area (Å²) in [6.45, 7) is 0.894. The van der Waals surface area contributed by atoms with Crippen LogP contribution < -0.4 is 10.5 Å². The second-order valence-electron chi connectivity index (χ2n) is 7.61. The van der Waals surface area contributed by atoms with E-state index in [-0.39, 0.29) is 41.6 Å². The number of halogens is 5. The monoisotopic (exact) mass is 526 g/mol. The smallest absolute Gasteiger partial charge is 0.404 e. The van der Waals surface area contributed by atoms with Crippen LogP contribution in [0.3, 0.4) is 0 Å². The number of nitriles is 1. The maximum atomic E-state index is 12.6. The number of nitrogens with zero attached hydrogens (tertiary/aromatic N) is 5. The van der Waals surface area contributed by atoms with E-state index in [0.717, 1.165) is 17.7 Å². The van der Waals surface area contributed by atoms with E-state index in [9.17, 15) is 28.5 Å². The van der Waals surface area contributed by atoms with Gasteiger partial charge in [0.25, 0.3) is 5.70 Å². The van der Waals surface area contributed by atoms with Gasteiger partial charge in [0.15, 0.2) is 5.82 Å². The molecule has 0 bridgehead atoms. The number of fused-ring (bicyclic) bond motifs is 1. The molecule has 1 unspecified atom stereocenters. The summed E-state index contributed by atoms with van der Waals surface area (Å²) < 4.78 is 41.8. The molecule has 0 radical (unpaired) electrons. The fraction of sp³-hybridized carbons (Fsp3) is 0.238. The van der Waals surface area contributed by atoms with Crippen LogP contribution in [0.2, 0.25) is 10.2 Å². The largest absolute Gasteiger partial charge is 0.573 e. The number of allylic oxidation sites excluding steroid dienone is 1. The molecule has 1 aromatic carbocycles. The molecule has 1 atom stereocenters. The number of nitro groups is 1. The molecule has 14 heteroatoms. The number of benzene rings is 1. The van der Waals surface area contributed by atoms with Gasteiger partial charge in [-0.1, -0.05) is 35.3 Å². The summed E-state index contributed by atoms with van der Waals surface area (Å²) >= 11 is 11.8. The normalized spacial score (nSPS) is 18.0. The van der Waals surface area contributed by atoms with E-state index >= 15 is 0 Å². The molecule has 0 spiro atoms. The van der Waals surface area contributed by atoms with Crippen LogP contribution in [-0.2, 0) is 6.54 Å². The van der Waals surface area contributed by atoms with Gasteiger partial charge in [-0.2, -0.15) is 5.26 Å². The van der Waals surface area contributed by atoms with Crippen molar-refractivity contribution in [2.24, 2.45) is 5.73 Å². The third kappa shape index (κ3) is 4.78. The maximum absolute atomic E-state index is 12.6. The molecule has 0 saturated carbocycles. The topological polar surface area (TPSA) is 122 Å². The van der Waals surface area contributed by atoms with Crippen LogP contribution in [0.25, 0.3) is 0 Å². The minimum atomic E-state index is -4.98. The highest BCUT2D eigenvalue weighted by molar-refractivity contribution is 6.32. The van der Waals surface area contributed by atoms with E-state index in [1.807, 2.05) is 6.07 Å². The zero-order valence-corrected chi connectivity index (χ0v) is 19.1. The molecule has 2 aromatic rings. The predicted molar refractivity (Wildman–Crippen MR) is 118 cm³/mol. The van der Waals surface area contributed by atoms with E-state index in [2.05, 4.69) is 9.72 Å². The Kier molecular flexibility index (Phi) is 6.40. The molecule has 182 valence electrons. The predicted octanol–water partition coefficient (Wildman–Crippen LogP) is 4.34. The van der Waals surface area contributed by atoms with Crippen molar-refractivity contribution in [2.45, 2.75) is 18.8 Å². The van der Waals surface area contributed by atoms with Gasteiger partial charge in [0.2, 0.25) is 0 Å². The molecular weight excluding hydrogens is 512 g/mol. The van der Waals surface area contributed by atoms with Crippen molar-refractivity contribution in [1.29, 1.82) is 5.26 Å². The molecule has 0 aliphatic carbocycles. The van der Waals surface area contributed by atoms with Crippen molar-refractivity contribution >= 4 is 23.2 Å². The quantitative estimate of drug-likeness (QED) is 0.346. The number of rotatable bonds is 5. The Hall–Kier alpha value is -3.69. The van der Waals surface area contributed by atoms with Gasteiger partial charge in [0.1, 0.15) is 22.6 Å². The van der Waals surface area contributed by atoms with Crippen molar-refractivity contribution in [3.8, 4) is 11.8 Å². The van der Waals surface area contributed by atoms with Crippen molar-refractivity contribution in [2.75, 3.05) is 13.1 Å². The first kappa shape index (κ1) is 24.4. The molecule has 1 aromatic heterocycles. The summed E-state index contributed by atoms with van der Waals surface area (Å²) in [7, 11) is 0. The van der Waals surface area contributed by atoms with E-state index < -0.39 is 28.0 Å². The van der Waals surface area contributed by atoms with Gasteiger partial charge in [-0.25, -0.2) is 4.98 Å². The van der Waals surface area contributed by atoms with E-state index in [1.165, 1.54) is 17.2 Å². The summed E-state index contributed by atoms with van der Waals surface area (Å²) in [6.07, 6.45) is -3.44. The summed E-state index contributed by atoms with van der Waals surface area (Å²) in [5, 5.41) is 22.0. The van der Waals surface area contributed by atoms with Gasteiger partial charge in [-0.05, 0) is 29.3 Å². The first-order chi connectivity index (χ1) is 16.5. The summed E-state index contributed by atoms with van der Waals surface area (Å²) in [5.74, 6) is -1.76. The summed E-state index contributed by atoms with van der Waals surface area (Å²) in [6, 6.07) is 8.46. The average Bonchev–Trinajstić information content (AvgIpc) is 3.19. The lowest BCUT2D eigenvalue weighted by molar-refractivity contribution is -0.432. The molecule has 1 fully saturated rings. The van der Waals surface area contributed by atoms with Gasteiger partial charge in [0.05, 0.1) is 21.6 Å². The minimum Gasteiger partial charge on any atom is -0.404 e. The van der Waals surface area contributed by atoms with E-state index in [4.69, 9.17) is 28.9 Å². The van der Waals surface area contributed by atoms with Crippen molar-refractivity contribution in [3.05, 3.63) is 90.9 Å². The number of hydrogen-bond acceptors (Lipinski definition) is 8. The van der Waals surface area contributed by atoms with Gasteiger partial charge in [0, 0.05) is 25.8 Å². The highest BCUT2D eigenvalue weighted by atomic mass is 35.5. The second-order valence-corrected chi connectivity index (χ2v) is 8.40. The van der Waals surface area contributed by atoms with E-state index in [1.54, 1.807) is 17.0 Å². The Morgan fingerprint density at radius 3 is 2.60 bits per heavy atom. The summed E-state index contributed by atoms with van der Waals surface area (Å²) in [4.78, 5) is 18.9. The lowest BCUT2D eigenvalue weighted by Gasteiger charge is -2.32. The second kappa shape index (κ2) is 9.16.